The van der Waals surface area contributed by atoms with E-state index in [1.807, 2.05) is 41.3 Å². The van der Waals surface area contributed by atoms with Crippen molar-refractivity contribution in [2.75, 3.05) is 37.7 Å². The van der Waals surface area contributed by atoms with Crippen LogP contribution in [0.2, 0.25) is 0 Å². The molecule has 2 saturated heterocycles. The minimum absolute atomic E-state index is 0.128. The van der Waals surface area contributed by atoms with Gasteiger partial charge in [-0.3, -0.25) is 4.79 Å². The first kappa shape index (κ1) is 16.0. The zero-order valence-corrected chi connectivity index (χ0v) is 14.2. The molecule has 2 aliphatic heterocycles. The Hall–Kier alpha value is -2.47. The molecule has 2 aliphatic rings. The van der Waals surface area contributed by atoms with Crippen molar-refractivity contribution in [2.45, 2.75) is 18.9 Å². The summed E-state index contributed by atoms with van der Waals surface area (Å²) < 4.78 is 5.36. The Morgan fingerprint density at radius 2 is 1.88 bits per heavy atom. The number of rotatable bonds is 3. The number of aromatic nitrogens is 2. The normalized spacial score (nSPS) is 20.7. The first-order chi connectivity index (χ1) is 12.3. The van der Waals surface area contributed by atoms with Gasteiger partial charge in [0.25, 0.3) is 0 Å². The highest BCUT2D eigenvalue weighted by molar-refractivity contribution is 5.85. The molecule has 6 nitrogen and oxygen atoms in total. The lowest BCUT2D eigenvalue weighted by Crippen LogP contribution is -2.50. The third-order valence-corrected chi connectivity index (χ3v) is 4.83. The molecule has 3 heterocycles. The maximum Gasteiger partial charge on any atom is 0.245 e. The number of hydrogen-bond donors (Lipinski definition) is 0. The van der Waals surface area contributed by atoms with Crippen LogP contribution in [-0.4, -0.2) is 59.7 Å². The average molecular weight is 338 g/mol. The lowest BCUT2D eigenvalue weighted by molar-refractivity contribution is -0.136. The number of amides is 1. The maximum atomic E-state index is 12.9. The van der Waals surface area contributed by atoms with Gasteiger partial charge in [0.1, 0.15) is 11.9 Å². The number of carbonyl (C=O) groups is 1. The Labute approximate surface area is 147 Å². The van der Waals surface area contributed by atoms with Gasteiger partial charge in [0, 0.05) is 31.4 Å². The minimum Gasteiger partial charge on any atom is -0.378 e. The fourth-order valence-electron chi connectivity index (χ4n) is 3.53. The lowest BCUT2D eigenvalue weighted by atomic mass is 10.2. The molecule has 0 bridgehead atoms. The topological polar surface area (TPSA) is 58.6 Å². The molecule has 1 aromatic heterocycles. The zero-order valence-electron chi connectivity index (χ0n) is 14.2. The van der Waals surface area contributed by atoms with Crippen LogP contribution in [0.25, 0.3) is 11.4 Å². The molecule has 1 aromatic carbocycles. The predicted octanol–water partition coefficient (Wildman–Crippen LogP) is 1.97. The van der Waals surface area contributed by atoms with Crippen molar-refractivity contribution in [3.05, 3.63) is 42.6 Å². The highest BCUT2D eigenvalue weighted by Crippen LogP contribution is 2.27. The van der Waals surface area contributed by atoms with Crippen LogP contribution in [0.3, 0.4) is 0 Å². The van der Waals surface area contributed by atoms with Gasteiger partial charge in [0.05, 0.1) is 13.2 Å². The fraction of sp³-hybridized carbons (Fsp3) is 0.421. The molecule has 2 fully saturated rings. The van der Waals surface area contributed by atoms with E-state index < -0.39 is 0 Å². The van der Waals surface area contributed by atoms with Crippen molar-refractivity contribution in [3.8, 4) is 11.4 Å². The van der Waals surface area contributed by atoms with E-state index in [2.05, 4.69) is 9.88 Å². The van der Waals surface area contributed by atoms with Gasteiger partial charge in [-0.2, -0.15) is 0 Å². The van der Waals surface area contributed by atoms with Crippen LogP contribution >= 0.6 is 0 Å². The Morgan fingerprint density at radius 1 is 1.08 bits per heavy atom. The Balaban J connectivity index is 1.57. The molecule has 0 aliphatic carbocycles. The standard InChI is InChI=1S/C19H22N4O2/c24-19(22-11-13-25-14-12-22)16-7-4-10-23(16)17-8-9-20-18(21-17)15-5-2-1-3-6-15/h1-3,5-6,8-9,16H,4,7,10-14H2. The maximum absolute atomic E-state index is 12.9. The molecule has 25 heavy (non-hydrogen) atoms. The number of ether oxygens (including phenoxy) is 1. The number of anilines is 1. The molecule has 4 rings (SSSR count). The molecule has 1 atom stereocenters. The number of morpholine rings is 1. The van der Waals surface area contributed by atoms with Crippen molar-refractivity contribution in [1.29, 1.82) is 0 Å². The molecule has 0 N–H and O–H groups in total. The van der Waals surface area contributed by atoms with Crippen molar-refractivity contribution >= 4 is 11.7 Å². The summed E-state index contributed by atoms with van der Waals surface area (Å²) in [5.74, 6) is 1.72. The Morgan fingerprint density at radius 3 is 2.68 bits per heavy atom. The van der Waals surface area contributed by atoms with Gasteiger partial charge >= 0.3 is 0 Å². The highest BCUT2D eigenvalue weighted by Gasteiger charge is 2.35. The van der Waals surface area contributed by atoms with Gasteiger partial charge in [-0.25, -0.2) is 9.97 Å². The molecular weight excluding hydrogens is 316 g/mol. The summed E-state index contributed by atoms with van der Waals surface area (Å²) >= 11 is 0. The van der Waals surface area contributed by atoms with E-state index in [4.69, 9.17) is 9.72 Å². The number of carbonyl (C=O) groups excluding carboxylic acids is 1. The zero-order chi connectivity index (χ0) is 17.1. The molecule has 0 radical (unpaired) electrons. The Kier molecular flexibility index (Phi) is 4.61. The van der Waals surface area contributed by atoms with Gasteiger partial charge in [0.2, 0.25) is 5.91 Å². The van der Waals surface area contributed by atoms with Crippen LogP contribution < -0.4 is 4.90 Å². The van der Waals surface area contributed by atoms with Crippen molar-refractivity contribution in [2.24, 2.45) is 0 Å². The summed E-state index contributed by atoms with van der Waals surface area (Å²) in [4.78, 5) is 26.1. The average Bonchev–Trinajstić information content (AvgIpc) is 3.19. The van der Waals surface area contributed by atoms with Gasteiger partial charge in [-0.05, 0) is 18.9 Å². The van der Waals surface area contributed by atoms with Gasteiger partial charge in [-0.1, -0.05) is 30.3 Å². The fourth-order valence-corrected chi connectivity index (χ4v) is 3.53. The van der Waals surface area contributed by atoms with Crippen molar-refractivity contribution in [1.82, 2.24) is 14.9 Å². The quantitative estimate of drug-likeness (QED) is 0.856. The van der Waals surface area contributed by atoms with E-state index in [9.17, 15) is 4.79 Å². The van der Waals surface area contributed by atoms with Crippen LogP contribution in [0.5, 0.6) is 0 Å². The summed E-state index contributed by atoms with van der Waals surface area (Å²) in [5, 5.41) is 0. The van der Waals surface area contributed by atoms with Crippen molar-refractivity contribution < 1.29 is 9.53 Å². The van der Waals surface area contributed by atoms with E-state index >= 15 is 0 Å². The molecule has 1 amide bonds. The summed E-state index contributed by atoms with van der Waals surface area (Å²) in [5.41, 5.74) is 0.986. The largest absolute Gasteiger partial charge is 0.378 e. The van der Waals surface area contributed by atoms with Gasteiger partial charge in [-0.15, -0.1) is 0 Å². The molecule has 0 saturated carbocycles. The second kappa shape index (κ2) is 7.19. The van der Waals surface area contributed by atoms with E-state index in [0.29, 0.717) is 32.1 Å². The van der Waals surface area contributed by atoms with E-state index in [1.54, 1.807) is 6.20 Å². The minimum atomic E-state index is -0.128. The number of hydrogen-bond acceptors (Lipinski definition) is 5. The molecule has 1 unspecified atom stereocenters. The van der Waals surface area contributed by atoms with E-state index in [0.717, 1.165) is 30.8 Å². The van der Waals surface area contributed by atoms with E-state index in [-0.39, 0.29) is 11.9 Å². The number of nitrogens with zero attached hydrogens (tertiary/aromatic N) is 4. The summed E-state index contributed by atoms with van der Waals surface area (Å²) in [6, 6.07) is 11.7. The predicted molar refractivity (Wildman–Crippen MR) is 95.2 cm³/mol. The first-order valence-electron chi connectivity index (χ1n) is 8.84. The second-order valence-corrected chi connectivity index (χ2v) is 6.39. The third-order valence-electron chi connectivity index (χ3n) is 4.83. The van der Waals surface area contributed by atoms with Crippen LogP contribution in [0.4, 0.5) is 5.82 Å². The second-order valence-electron chi connectivity index (χ2n) is 6.39. The van der Waals surface area contributed by atoms with Gasteiger partial charge < -0.3 is 14.5 Å². The van der Waals surface area contributed by atoms with Crippen LogP contribution in [0.1, 0.15) is 12.8 Å². The van der Waals surface area contributed by atoms with Crippen LogP contribution in [0.15, 0.2) is 42.6 Å². The van der Waals surface area contributed by atoms with Crippen molar-refractivity contribution in [3.63, 3.8) is 0 Å². The molecule has 2 aromatic rings. The summed E-state index contributed by atoms with van der Waals surface area (Å²) in [6.07, 6.45) is 3.66. The Bertz CT molecular complexity index is 731. The molecule has 6 heteroatoms. The highest BCUT2D eigenvalue weighted by atomic mass is 16.5. The van der Waals surface area contributed by atoms with Gasteiger partial charge in [0.15, 0.2) is 5.82 Å². The van der Waals surface area contributed by atoms with Crippen LogP contribution in [0, 0.1) is 0 Å². The lowest BCUT2D eigenvalue weighted by Gasteiger charge is -2.33. The summed E-state index contributed by atoms with van der Waals surface area (Å²) in [7, 11) is 0. The molecule has 130 valence electrons. The smallest absolute Gasteiger partial charge is 0.245 e. The SMILES string of the molecule is O=C(C1CCCN1c1ccnc(-c2ccccc2)n1)N1CCOCC1. The van der Waals surface area contributed by atoms with Crippen LogP contribution in [-0.2, 0) is 9.53 Å². The number of benzene rings is 1. The molecule has 0 spiro atoms. The molecular formula is C19H22N4O2. The third kappa shape index (κ3) is 3.35. The summed E-state index contributed by atoms with van der Waals surface area (Å²) in [6.45, 7) is 3.48. The van der Waals surface area contributed by atoms with E-state index in [1.165, 1.54) is 0 Å². The first-order valence-corrected chi connectivity index (χ1v) is 8.84. The monoisotopic (exact) mass is 338 g/mol.